The first-order valence-electron chi connectivity index (χ1n) is 7.54. The molecule has 1 aliphatic heterocycles. The Balaban J connectivity index is 2.06. The molecule has 0 bridgehead atoms. The van der Waals surface area contributed by atoms with E-state index in [2.05, 4.69) is 91.0 Å². The van der Waals surface area contributed by atoms with E-state index < -0.39 is 6.60 Å². The van der Waals surface area contributed by atoms with E-state index in [1.165, 1.54) is 12.3 Å². The molecule has 3 aromatic carbocycles. The number of benzene rings is 3. The quantitative estimate of drug-likeness (QED) is 0.647. The summed E-state index contributed by atoms with van der Waals surface area (Å²) >= 11 is 0. The van der Waals surface area contributed by atoms with Gasteiger partial charge in [0.2, 0.25) is 0 Å². The normalized spacial score (nSPS) is 20.1. The standard InChI is InChI=1S/C20H19P/c1-4-10-18(11-5-1)21(16-17-21,19-12-6-2-7-13-19)20-14-8-3-9-15-20/h1-15H,16-17H2. The summed E-state index contributed by atoms with van der Waals surface area (Å²) in [6, 6.07) is 33.5. The molecule has 1 saturated heterocycles. The van der Waals surface area contributed by atoms with Gasteiger partial charge in [-0.05, 0) is 0 Å². The van der Waals surface area contributed by atoms with Crippen molar-refractivity contribution in [2.45, 2.75) is 0 Å². The average Bonchev–Trinajstić information content (AvgIpc) is 3.36. The number of rotatable bonds is 3. The molecule has 0 spiro atoms. The second kappa shape index (κ2) is 4.55. The van der Waals surface area contributed by atoms with Gasteiger partial charge in [0, 0.05) is 0 Å². The minimum atomic E-state index is -2.12. The second-order valence-corrected chi connectivity index (χ2v) is 11.4. The first-order chi connectivity index (χ1) is 10.4. The summed E-state index contributed by atoms with van der Waals surface area (Å²) in [5, 5.41) is 4.63. The monoisotopic (exact) mass is 290 g/mol. The molecule has 4 rings (SSSR count). The molecule has 0 amide bonds. The molecule has 0 atom stereocenters. The van der Waals surface area contributed by atoms with Crippen LogP contribution < -0.4 is 15.9 Å². The summed E-state index contributed by atoms with van der Waals surface area (Å²) in [6.07, 6.45) is 2.62. The third kappa shape index (κ3) is 1.66. The number of hydrogen-bond donors (Lipinski definition) is 0. The first kappa shape index (κ1) is 12.8. The Bertz CT molecular complexity index is 640. The Labute approximate surface area is 126 Å². The molecule has 0 unspecified atom stereocenters. The van der Waals surface area contributed by atoms with Gasteiger partial charge in [0.25, 0.3) is 0 Å². The van der Waals surface area contributed by atoms with Gasteiger partial charge in [-0.2, -0.15) is 0 Å². The molecular formula is C20H19P. The van der Waals surface area contributed by atoms with Crippen LogP contribution in [0.2, 0.25) is 0 Å². The van der Waals surface area contributed by atoms with Gasteiger partial charge in [0.05, 0.1) is 0 Å². The molecule has 0 aliphatic carbocycles. The van der Waals surface area contributed by atoms with Crippen LogP contribution in [0.3, 0.4) is 0 Å². The Kier molecular flexibility index (Phi) is 2.77. The molecule has 1 heteroatoms. The molecule has 0 saturated carbocycles. The summed E-state index contributed by atoms with van der Waals surface area (Å²) in [5.41, 5.74) is 0. The van der Waals surface area contributed by atoms with Crippen molar-refractivity contribution < 1.29 is 0 Å². The SMILES string of the molecule is c1ccc(P2(c3ccccc3)(c3ccccc3)CC2)cc1. The van der Waals surface area contributed by atoms with E-state index in [0.717, 1.165) is 0 Å². The first-order valence-corrected chi connectivity index (χ1v) is 10.1. The fourth-order valence-corrected chi connectivity index (χ4v) is 10.1. The molecule has 1 heterocycles. The molecule has 0 aromatic heterocycles. The summed E-state index contributed by atoms with van der Waals surface area (Å²) in [6.45, 7) is -2.12. The van der Waals surface area contributed by atoms with Crippen LogP contribution >= 0.6 is 6.60 Å². The molecule has 21 heavy (non-hydrogen) atoms. The van der Waals surface area contributed by atoms with Gasteiger partial charge in [-0.25, -0.2) is 0 Å². The maximum atomic E-state index is 2.34. The summed E-state index contributed by atoms with van der Waals surface area (Å²) in [4.78, 5) is 0. The molecule has 0 nitrogen and oxygen atoms in total. The molecular weight excluding hydrogens is 271 g/mol. The van der Waals surface area contributed by atoms with Crippen LogP contribution in [0.25, 0.3) is 0 Å². The topological polar surface area (TPSA) is 0 Å². The minimum absolute atomic E-state index is 1.31. The van der Waals surface area contributed by atoms with Crippen molar-refractivity contribution in [3.8, 4) is 0 Å². The van der Waals surface area contributed by atoms with E-state index in [0.29, 0.717) is 0 Å². The van der Waals surface area contributed by atoms with E-state index in [-0.39, 0.29) is 0 Å². The molecule has 0 N–H and O–H groups in total. The summed E-state index contributed by atoms with van der Waals surface area (Å²) in [7, 11) is 0. The van der Waals surface area contributed by atoms with Crippen LogP contribution in [-0.4, -0.2) is 12.3 Å². The van der Waals surface area contributed by atoms with Gasteiger partial charge < -0.3 is 0 Å². The molecule has 1 fully saturated rings. The van der Waals surface area contributed by atoms with Crippen molar-refractivity contribution in [2.75, 3.05) is 12.3 Å². The zero-order chi connectivity index (χ0) is 14.2. The predicted octanol–water partition coefficient (Wildman–Crippen LogP) is 3.53. The molecule has 3 aromatic rings. The Morgan fingerprint density at radius 1 is 0.429 bits per heavy atom. The van der Waals surface area contributed by atoms with E-state index in [1.807, 2.05) is 0 Å². The van der Waals surface area contributed by atoms with E-state index in [9.17, 15) is 0 Å². The van der Waals surface area contributed by atoms with Gasteiger partial charge >= 0.3 is 126 Å². The summed E-state index contributed by atoms with van der Waals surface area (Å²) < 4.78 is 0. The predicted molar refractivity (Wildman–Crippen MR) is 94.9 cm³/mol. The van der Waals surface area contributed by atoms with Crippen LogP contribution in [-0.2, 0) is 0 Å². The van der Waals surface area contributed by atoms with Crippen LogP contribution in [0.1, 0.15) is 0 Å². The van der Waals surface area contributed by atoms with Gasteiger partial charge in [0.1, 0.15) is 0 Å². The van der Waals surface area contributed by atoms with Crippen molar-refractivity contribution in [3.05, 3.63) is 91.0 Å². The van der Waals surface area contributed by atoms with E-state index >= 15 is 0 Å². The zero-order valence-electron chi connectivity index (χ0n) is 12.0. The van der Waals surface area contributed by atoms with Crippen LogP contribution in [0.15, 0.2) is 91.0 Å². The van der Waals surface area contributed by atoms with E-state index in [1.54, 1.807) is 15.9 Å². The van der Waals surface area contributed by atoms with E-state index in [4.69, 9.17) is 0 Å². The van der Waals surface area contributed by atoms with Gasteiger partial charge in [-0.1, -0.05) is 0 Å². The van der Waals surface area contributed by atoms with Crippen molar-refractivity contribution in [2.24, 2.45) is 0 Å². The molecule has 0 radical (unpaired) electrons. The third-order valence-corrected chi connectivity index (χ3v) is 11.5. The average molecular weight is 290 g/mol. The Morgan fingerprint density at radius 2 is 0.714 bits per heavy atom. The molecule has 104 valence electrons. The fourth-order valence-electron chi connectivity index (χ4n) is 3.74. The zero-order valence-corrected chi connectivity index (χ0v) is 12.9. The van der Waals surface area contributed by atoms with Crippen LogP contribution in [0.4, 0.5) is 0 Å². The van der Waals surface area contributed by atoms with Crippen LogP contribution in [0.5, 0.6) is 0 Å². The van der Waals surface area contributed by atoms with Crippen molar-refractivity contribution in [1.29, 1.82) is 0 Å². The number of hydrogen-bond acceptors (Lipinski definition) is 0. The fraction of sp³-hybridized carbons (Fsp3) is 0.100. The van der Waals surface area contributed by atoms with Crippen LogP contribution in [0, 0.1) is 0 Å². The maximum absolute atomic E-state index is 2.34. The Morgan fingerprint density at radius 3 is 0.952 bits per heavy atom. The van der Waals surface area contributed by atoms with Gasteiger partial charge in [0.15, 0.2) is 0 Å². The third-order valence-electron chi connectivity index (χ3n) is 5.03. The Hall–Kier alpha value is -1.91. The van der Waals surface area contributed by atoms with Crippen molar-refractivity contribution >= 4 is 22.5 Å². The van der Waals surface area contributed by atoms with Crippen molar-refractivity contribution in [3.63, 3.8) is 0 Å². The van der Waals surface area contributed by atoms with Gasteiger partial charge in [-0.3, -0.25) is 0 Å². The van der Waals surface area contributed by atoms with Crippen molar-refractivity contribution in [1.82, 2.24) is 0 Å². The summed E-state index contributed by atoms with van der Waals surface area (Å²) in [5.74, 6) is 0. The molecule has 1 aliphatic rings. The second-order valence-electron chi connectivity index (χ2n) is 5.96. The van der Waals surface area contributed by atoms with Gasteiger partial charge in [-0.15, -0.1) is 0 Å².